The summed E-state index contributed by atoms with van der Waals surface area (Å²) in [7, 11) is 1.76. The van der Waals surface area contributed by atoms with Crippen LogP contribution in [0.15, 0.2) is 0 Å². The van der Waals surface area contributed by atoms with Crippen molar-refractivity contribution in [2.75, 3.05) is 11.9 Å². The first kappa shape index (κ1) is 12.2. The first-order valence-corrected chi connectivity index (χ1v) is 5.94. The summed E-state index contributed by atoms with van der Waals surface area (Å²) in [6.45, 7) is 7.94. The van der Waals surface area contributed by atoms with Gasteiger partial charge in [0.1, 0.15) is 0 Å². The summed E-state index contributed by atoms with van der Waals surface area (Å²) in [5, 5.41) is 0.802. The lowest BCUT2D eigenvalue weighted by Gasteiger charge is -2.09. The Bertz CT molecular complexity index is 357. The van der Waals surface area contributed by atoms with Gasteiger partial charge in [0.05, 0.1) is 5.69 Å². The average molecular weight is 226 g/mol. The van der Waals surface area contributed by atoms with Crippen molar-refractivity contribution in [3.05, 3.63) is 10.6 Å². The van der Waals surface area contributed by atoms with Crippen molar-refractivity contribution in [1.82, 2.24) is 4.98 Å². The fraction of sp³-hybridized carbons (Fsp3) is 0.636. The minimum absolute atomic E-state index is 0.0276. The summed E-state index contributed by atoms with van der Waals surface area (Å²) in [5.41, 5.74) is 1.05. The van der Waals surface area contributed by atoms with Gasteiger partial charge in [-0.3, -0.25) is 9.69 Å². The third-order valence-electron chi connectivity index (χ3n) is 2.23. The highest BCUT2D eigenvalue weighted by molar-refractivity contribution is 7.15. The zero-order valence-corrected chi connectivity index (χ0v) is 10.8. The van der Waals surface area contributed by atoms with Crippen molar-refractivity contribution in [2.45, 2.75) is 34.1 Å². The number of thiazole rings is 1. The third-order valence-corrected chi connectivity index (χ3v) is 3.49. The topological polar surface area (TPSA) is 33.2 Å². The van der Waals surface area contributed by atoms with Crippen LogP contribution in [0.4, 0.5) is 5.13 Å². The van der Waals surface area contributed by atoms with Crippen molar-refractivity contribution >= 4 is 22.4 Å². The molecule has 0 aliphatic rings. The smallest absolute Gasteiger partial charge is 0.225 e. The van der Waals surface area contributed by atoms with Crippen LogP contribution in [0.25, 0.3) is 0 Å². The molecule has 0 radical (unpaired) electrons. The van der Waals surface area contributed by atoms with Crippen molar-refractivity contribution < 1.29 is 4.79 Å². The van der Waals surface area contributed by atoms with E-state index >= 15 is 0 Å². The van der Waals surface area contributed by atoms with Crippen LogP contribution in [0.1, 0.15) is 31.3 Å². The molecule has 0 unspecified atom stereocenters. The molecule has 1 amide bonds. The number of carbonyl (C=O) groups is 1. The minimum atomic E-state index is 0.0276. The Hall–Kier alpha value is -0.900. The minimum Gasteiger partial charge on any atom is -0.291 e. The van der Waals surface area contributed by atoms with Gasteiger partial charge < -0.3 is 0 Å². The zero-order chi connectivity index (χ0) is 11.6. The quantitative estimate of drug-likeness (QED) is 0.794. The standard InChI is InChI=1S/C11H18N2OS/c1-7(2)6-10-8(3)12-11(15-10)13(5)9(4)14/h7H,6H2,1-5H3. The number of rotatable bonds is 3. The largest absolute Gasteiger partial charge is 0.291 e. The normalized spacial score (nSPS) is 10.8. The van der Waals surface area contributed by atoms with Crippen LogP contribution in [-0.4, -0.2) is 17.9 Å². The maximum atomic E-state index is 11.2. The highest BCUT2D eigenvalue weighted by atomic mass is 32.1. The van der Waals surface area contributed by atoms with E-state index in [0.29, 0.717) is 5.92 Å². The summed E-state index contributed by atoms with van der Waals surface area (Å²) in [6.07, 6.45) is 1.04. The number of anilines is 1. The van der Waals surface area contributed by atoms with Gasteiger partial charge in [0.25, 0.3) is 0 Å². The molecule has 1 rings (SSSR count). The second-order valence-corrected chi connectivity index (χ2v) is 5.24. The molecular formula is C11H18N2OS. The van der Waals surface area contributed by atoms with Crippen molar-refractivity contribution in [3.8, 4) is 0 Å². The fourth-order valence-electron chi connectivity index (χ4n) is 1.25. The van der Waals surface area contributed by atoms with Crippen molar-refractivity contribution in [2.24, 2.45) is 5.92 Å². The SMILES string of the molecule is CC(=O)N(C)c1nc(C)c(CC(C)C)s1. The van der Waals surface area contributed by atoms with Gasteiger partial charge in [-0.05, 0) is 19.3 Å². The van der Waals surface area contributed by atoms with Gasteiger partial charge in [-0.2, -0.15) is 0 Å². The summed E-state index contributed by atoms with van der Waals surface area (Å²) >= 11 is 1.62. The molecule has 3 nitrogen and oxygen atoms in total. The number of aryl methyl sites for hydroxylation is 1. The van der Waals surface area contributed by atoms with Crippen LogP contribution in [0.2, 0.25) is 0 Å². The van der Waals surface area contributed by atoms with E-state index in [1.54, 1.807) is 30.2 Å². The zero-order valence-electron chi connectivity index (χ0n) is 10.00. The van der Waals surface area contributed by atoms with E-state index in [2.05, 4.69) is 18.8 Å². The van der Waals surface area contributed by atoms with Gasteiger partial charge >= 0.3 is 0 Å². The fourth-order valence-corrected chi connectivity index (χ4v) is 2.53. The summed E-state index contributed by atoms with van der Waals surface area (Å²) in [6, 6.07) is 0. The maximum absolute atomic E-state index is 11.2. The molecule has 4 heteroatoms. The lowest BCUT2D eigenvalue weighted by Crippen LogP contribution is -2.22. The molecule has 84 valence electrons. The molecule has 0 N–H and O–H groups in total. The molecule has 0 aromatic carbocycles. The maximum Gasteiger partial charge on any atom is 0.225 e. The van der Waals surface area contributed by atoms with E-state index in [1.165, 1.54) is 4.88 Å². The second-order valence-electron chi connectivity index (χ2n) is 4.18. The third kappa shape index (κ3) is 3.02. The Labute approximate surface area is 95.1 Å². The van der Waals surface area contributed by atoms with Crippen molar-refractivity contribution in [3.63, 3.8) is 0 Å². The highest BCUT2D eigenvalue weighted by Crippen LogP contribution is 2.27. The summed E-state index contributed by atoms with van der Waals surface area (Å²) in [5.74, 6) is 0.652. The summed E-state index contributed by atoms with van der Waals surface area (Å²) in [4.78, 5) is 18.5. The summed E-state index contributed by atoms with van der Waals surface area (Å²) < 4.78 is 0. The molecule has 0 aliphatic heterocycles. The molecule has 1 aromatic rings. The van der Waals surface area contributed by atoms with Gasteiger partial charge in [-0.25, -0.2) is 4.98 Å². The first-order chi connectivity index (χ1) is 6.91. The van der Waals surface area contributed by atoms with Crippen molar-refractivity contribution in [1.29, 1.82) is 0 Å². The predicted octanol–water partition coefficient (Wildman–Crippen LogP) is 2.63. The number of aromatic nitrogens is 1. The molecule has 0 saturated heterocycles. The number of carbonyl (C=O) groups excluding carboxylic acids is 1. The van der Waals surface area contributed by atoms with E-state index in [4.69, 9.17) is 0 Å². The van der Waals surface area contributed by atoms with Gasteiger partial charge in [0.2, 0.25) is 5.91 Å². The number of amides is 1. The second kappa shape index (κ2) is 4.75. The van der Waals surface area contributed by atoms with Crippen LogP contribution in [-0.2, 0) is 11.2 Å². The predicted molar refractivity (Wildman–Crippen MR) is 64.5 cm³/mol. The Morgan fingerprint density at radius 1 is 1.53 bits per heavy atom. The Balaban J connectivity index is 2.90. The van der Waals surface area contributed by atoms with Gasteiger partial charge in [-0.1, -0.05) is 13.8 Å². The number of nitrogens with zero attached hydrogens (tertiary/aromatic N) is 2. The molecule has 1 aromatic heterocycles. The van der Waals surface area contributed by atoms with Gasteiger partial charge in [0, 0.05) is 18.8 Å². The van der Waals surface area contributed by atoms with E-state index in [0.717, 1.165) is 17.2 Å². The van der Waals surface area contributed by atoms with Crippen LogP contribution in [0, 0.1) is 12.8 Å². The van der Waals surface area contributed by atoms with Crippen LogP contribution >= 0.6 is 11.3 Å². The number of hydrogen-bond acceptors (Lipinski definition) is 3. The Morgan fingerprint density at radius 3 is 2.60 bits per heavy atom. The van der Waals surface area contributed by atoms with E-state index < -0.39 is 0 Å². The molecule has 0 atom stereocenters. The molecule has 0 fully saturated rings. The van der Waals surface area contributed by atoms with E-state index in [1.807, 2.05) is 6.92 Å². The van der Waals surface area contributed by atoms with Gasteiger partial charge in [0.15, 0.2) is 5.13 Å². The molecule has 0 bridgehead atoms. The monoisotopic (exact) mass is 226 g/mol. The van der Waals surface area contributed by atoms with Gasteiger partial charge in [-0.15, -0.1) is 11.3 Å². The molecular weight excluding hydrogens is 208 g/mol. The van der Waals surface area contributed by atoms with Crippen LogP contribution < -0.4 is 4.90 Å². The molecule has 0 aliphatic carbocycles. The molecule has 15 heavy (non-hydrogen) atoms. The highest BCUT2D eigenvalue weighted by Gasteiger charge is 2.14. The van der Waals surface area contributed by atoms with E-state index in [9.17, 15) is 4.79 Å². The first-order valence-electron chi connectivity index (χ1n) is 5.12. The molecule has 1 heterocycles. The molecule has 0 saturated carbocycles. The Kier molecular flexibility index (Phi) is 3.85. The molecule has 0 spiro atoms. The lowest BCUT2D eigenvalue weighted by atomic mass is 10.1. The Morgan fingerprint density at radius 2 is 2.13 bits per heavy atom. The average Bonchev–Trinajstić information content (AvgIpc) is 2.45. The number of hydrogen-bond donors (Lipinski definition) is 0. The van der Waals surface area contributed by atoms with E-state index in [-0.39, 0.29) is 5.91 Å². The lowest BCUT2D eigenvalue weighted by molar-refractivity contribution is -0.116. The van der Waals surface area contributed by atoms with Crippen LogP contribution in [0.5, 0.6) is 0 Å². The van der Waals surface area contributed by atoms with Crippen LogP contribution in [0.3, 0.4) is 0 Å².